The van der Waals surface area contributed by atoms with Crippen LogP contribution in [0, 0.1) is 0 Å². The molecule has 3 aromatic rings. The number of halogens is 1. The van der Waals surface area contributed by atoms with Crippen molar-refractivity contribution in [2.24, 2.45) is 0 Å². The lowest BCUT2D eigenvalue weighted by Gasteiger charge is -2.19. The van der Waals surface area contributed by atoms with Crippen LogP contribution in [-0.2, 0) is 6.61 Å². The van der Waals surface area contributed by atoms with Crippen LogP contribution in [0.15, 0.2) is 58.4 Å². The van der Waals surface area contributed by atoms with E-state index in [-0.39, 0.29) is 23.4 Å². The van der Waals surface area contributed by atoms with Crippen LogP contribution in [0.2, 0.25) is 5.02 Å². The zero-order valence-electron chi connectivity index (χ0n) is 17.2. The van der Waals surface area contributed by atoms with Crippen LogP contribution >= 0.6 is 11.6 Å². The van der Waals surface area contributed by atoms with Crippen LogP contribution in [0.3, 0.4) is 0 Å². The van der Waals surface area contributed by atoms with Crippen molar-refractivity contribution in [2.45, 2.75) is 26.0 Å². The van der Waals surface area contributed by atoms with Crippen LogP contribution < -0.4 is 26.1 Å². The minimum Gasteiger partial charge on any atom is -0.487 e. The second-order valence-corrected chi connectivity index (χ2v) is 7.81. The van der Waals surface area contributed by atoms with Crippen LogP contribution in [0.5, 0.6) is 5.75 Å². The summed E-state index contributed by atoms with van der Waals surface area (Å²) in [6, 6.07) is 10.4. The number of hydrogen-bond donors (Lipinski definition) is 2. The van der Waals surface area contributed by atoms with E-state index in [1.165, 1.54) is 23.0 Å². The lowest BCUT2D eigenvalue weighted by atomic mass is 10.3. The third-order valence-electron chi connectivity index (χ3n) is 5.22. The van der Waals surface area contributed by atoms with Gasteiger partial charge in [0, 0.05) is 37.6 Å². The summed E-state index contributed by atoms with van der Waals surface area (Å²) in [5, 5.41) is 3.98. The Balaban J connectivity index is 1.47. The first-order chi connectivity index (χ1) is 15.0. The molecule has 0 spiro atoms. The highest BCUT2D eigenvalue weighted by Gasteiger charge is 2.22. The molecule has 4 rings (SSSR count). The quantitative estimate of drug-likeness (QED) is 0.584. The highest BCUT2D eigenvalue weighted by molar-refractivity contribution is 6.30. The van der Waals surface area contributed by atoms with Crippen LogP contribution in [-0.4, -0.2) is 40.2 Å². The van der Waals surface area contributed by atoms with Gasteiger partial charge in [-0.15, -0.1) is 0 Å². The summed E-state index contributed by atoms with van der Waals surface area (Å²) < 4.78 is 6.94. The van der Waals surface area contributed by atoms with Gasteiger partial charge in [0.15, 0.2) is 0 Å². The maximum Gasteiger partial charge on any atom is 0.273 e. The molecule has 3 aromatic heterocycles. The molecule has 1 fully saturated rings. The zero-order chi connectivity index (χ0) is 21.8. The highest BCUT2D eigenvalue weighted by Crippen LogP contribution is 2.18. The van der Waals surface area contributed by atoms with Gasteiger partial charge in [0.2, 0.25) is 0 Å². The first kappa shape index (κ1) is 21.1. The number of ether oxygens (including phenoxy) is 1. The zero-order valence-corrected chi connectivity index (χ0v) is 17.9. The van der Waals surface area contributed by atoms with Gasteiger partial charge in [0.25, 0.3) is 11.1 Å². The van der Waals surface area contributed by atoms with E-state index in [9.17, 15) is 9.59 Å². The number of nitrogens with one attached hydrogen (secondary N) is 2. The predicted octanol–water partition coefficient (Wildman–Crippen LogP) is 2.34. The maximum absolute atomic E-state index is 12.7. The normalized spacial score (nSPS) is 15.9. The Morgan fingerprint density at radius 2 is 2.13 bits per heavy atom. The average Bonchev–Trinajstić information content (AvgIpc) is 3.23. The van der Waals surface area contributed by atoms with E-state index in [2.05, 4.69) is 27.1 Å². The van der Waals surface area contributed by atoms with Crippen molar-refractivity contribution in [3.05, 3.63) is 80.2 Å². The Labute approximate surface area is 184 Å². The fraction of sp³-hybridized carbons (Fsp3) is 0.318. The Morgan fingerprint density at radius 3 is 2.84 bits per heavy atom. The number of nitrogens with zero attached hydrogens (tertiary/aromatic N) is 3. The Kier molecular flexibility index (Phi) is 6.39. The molecule has 9 heteroatoms. The Bertz CT molecular complexity index is 1160. The first-order valence-electron chi connectivity index (χ1n) is 10.2. The largest absolute Gasteiger partial charge is 0.487 e. The fourth-order valence-electron chi connectivity index (χ4n) is 3.66. The van der Waals surface area contributed by atoms with Gasteiger partial charge in [-0.2, -0.15) is 0 Å². The Hall–Kier alpha value is -3.10. The molecule has 162 valence electrons. The number of H-pyrrole nitrogens is 1. The molecular weight excluding hydrogens is 418 g/mol. The van der Waals surface area contributed by atoms with Crippen LogP contribution in [0.1, 0.15) is 19.0 Å². The van der Waals surface area contributed by atoms with E-state index in [1.54, 1.807) is 24.3 Å². The van der Waals surface area contributed by atoms with Crippen molar-refractivity contribution in [3.8, 4) is 11.4 Å². The lowest BCUT2D eigenvalue weighted by molar-refractivity contribution is 0.300. The van der Waals surface area contributed by atoms with Gasteiger partial charge in [0.1, 0.15) is 23.9 Å². The van der Waals surface area contributed by atoms with Gasteiger partial charge in [-0.05, 0) is 43.3 Å². The molecule has 1 unspecified atom stereocenters. The number of rotatable bonds is 7. The first-order valence-corrected chi connectivity index (χ1v) is 10.6. The topological polar surface area (TPSA) is 92.2 Å². The number of likely N-dealkylation sites (N-methyl/N-ethyl adjacent to an activating group) is 1. The average molecular weight is 442 g/mol. The van der Waals surface area contributed by atoms with Gasteiger partial charge in [0.05, 0.1) is 10.7 Å². The summed E-state index contributed by atoms with van der Waals surface area (Å²) in [5.74, 6) is 1.16. The second kappa shape index (κ2) is 9.36. The minimum atomic E-state index is -0.354. The van der Waals surface area contributed by atoms with Crippen molar-refractivity contribution in [3.63, 3.8) is 0 Å². The lowest BCUT2D eigenvalue weighted by Crippen LogP contribution is -2.33. The summed E-state index contributed by atoms with van der Waals surface area (Å²) in [6.07, 6.45) is 4.11. The van der Waals surface area contributed by atoms with Crippen LogP contribution in [0.25, 0.3) is 5.69 Å². The van der Waals surface area contributed by atoms with E-state index in [4.69, 9.17) is 16.3 Å². The molecule has 0 amide bonds. The molecule has 0 aliphatic carbocycles. The van der Waals surface area contributed by atoms with Gasteiger partial charge >= 0.3 is 0 Å². The van der Waals surface area contributed by atoms with Crippen LogP contribution in [0.4, 0.5) is 5.82 Å². The summed E-state index contributed by atoms with van der Waals surface area (Å²) >= 11 is 5.82. The van der Waals surface area contributed by atoms with E-state index in [1.807, 2.05) is 6.07 Å². The van der Waals surface area contributed by atoms with E-state index < -0.39 is 0 Å². The molecule has 0 aromatic carbocycles. The summed E-state index contributed by atoms with van der Waals surface area (Å²) in [7, 11) is 0. The van der Waals surface area contributed by atoms with E-state index >= 15 is 0 Å². The summed E-state index contributed by atoms with van der Waals surface area (Å²) in [4.78, 5) is 34.5. The Morgan fingerprint density at radius 1 is 1.26 bits per heavy atom. The molecule has 2 N–H and O–H groups in total. The molecular formula is C22H24ClN5O3. The van der Waals surface area contributed by atoms with E-state index in [0.717, 1.165) is 31.9 Å². The smallest absolute Gasteiger partial charge is 0.273 e. The number of hydrogen-bond acceptors (Lipinski definition) is 6. The van der Waals surface area contributed by atoms with Gasteiger partial charge in [-0.1, -0.05) is 18.5 Å². The SMILES string of the molecule is CCNC1CCN(c2ccc(-n3ccc(OCc4ccc(Cl)cn4)cc3=O)c(=O)[nH]2)C1. The summed E-state index contributed by atoms with van der Waals surface area (Å²) in [6.45, 7) is 4.94. The molecule has 31 heavy (non-hydrogen) atoms. The van der Waals surface area contributed by atoms with Crippen molar-refractivity contribution in [1.29, 1.82) is 0 Å². The third kappa shape index (κ3) is 4.98. The maximum atomic E-state index is 12.7. The van der Waals surface area contributed by atoms with Crippen molar-refractivity contribution in [2.75, 3.05) is 24.5 Å². The summed E-state index contributed by atoms with van der Waals surface area (Å²) in [5.41, 5.74) is 0.291. The van der Waals surface area contributed by atoms with Crippen molar-refractivity contribution < 1.29 is 4.74 Å². The fourth-order valence-corrected chi connectivity index (χ4v) is 3.77. The number of anilines is 1. The molecule has 4 heterocycles. The molecule has 1 atom stereocenters. The van der Waals surface area contributed by atoms with E-state index in [0.29, 0.717) is 22.5 Å². The third-order valence-corrected chi connectivity index (χ3v) is 5.44. The minimum absolute atomic E-state index is 0.208. The molecule has 1 saturated heterocycles. The van der Waals surface area contributed by atoms with Gasteiger partial charge in [-0.3, -0.25) is 19.1 Å². The number of aromatic nitrogens is 3. The molecule has 0 saturated carbocycles. The molecule has 0 radical (unpaired) electrons. The monoisotopic (exact) mass is 441 g/mol. The van der Waals surface area contributed by atoms with Gasteiger partial charge in [-0.25, -0.2) is 0 Å². The predicted molar refractivity (Wildman–Crippen MR) is 121 cm³/mol. The van der Waals surface area contributed by atoms with Gasteiger partial charge < -0.3 is 19.9 Å². The molecule has 1 aliphatic rings. The number of pyridine rings is 3. The molecule has 8 nitrogen and oxygen atoms in total. The highest BCUT2D eigenvalue weighted by atomic mass is 35.5. The van der Waals surface area contributed by atoms with Crippen molar-refractivity contribution in [1.82, 2.24) is 19.9 Å². The molecule has 1 aliphatic heterocycles. The van der Waals surface area contributed by atoms with Crippen molar-refractivity contribution >= 4 is 17.4 Å². The standard InChI is InChI=1S/C22H24ClN5O3/c1-2-24-16-7-9-27(13-16)20-6-5-19(22(30)26-20)28-10-8-18(11-21(28)29)31-14-17-4-3-15(23)12-25-17/h3-6,8,10-12,16,24H,2,7,9,13-14H2,1H3,(H,26,30). The molecule has 0 bridgehead atoms. The number of aromatic amines is 1. The second-order valence-electron chi connectivity index (χ2n) is 7.37.